The summed E-state index contributed by atoms with van der Waals surface area (Å²) in [7, 11) is -2.74. The zero-order valence-electron chi connectivity index (χ0n) is 11.5. The molecule has 5 heteroatoms. The van der Waals surface area contributed by atoms with Crippen molar-refractivity contribution in [2.45, 2.75) is 24.2 Å². The predicted octanol–water partition coefficient (Wildman–Crippen LogP) is 3.65. The van der Waals surface area contributed by atoms with E-state index in [1.165, 1.54) is 24.7 Å². The first kappa shape index (κ1) is 13.9. The van der Waals surface area contributed by atoms with Gasteiger partial charge in [-0.15, -0.1) is 10.6 Å². The molecule has 1 aromatic carbocycles. The molecule has 0 aliphatic carbocycles. The van der Waals surface area contributed by atoms with Gasteiger partial charge in [-0.3, -0.25) is 14.0 Å². The Bertz CT molecular complexity index is 510. The van der Waals surface area contributed by atoms with E-state index in [0.717, 1.165) is 30.9 Å². The fourth-order valence-electron chi connectivity index (χ4n) is 2.78. The predicted molar refractivity (Wildman–Crippen MR) is 82.4 cm³/mol. The smallest absolute Gasteiger partial charge is 0.128 e. The molecule has 0 atom stereocenters. The van der Waals surface area contributed by atoms with E-state index in [1.54, 1.807) is 12.1 Å². The highest BCUT2D eigenvalue weighted by Gasteiger charge is 2.24. The Kier molecular flexibility index (Phi) is 4.03. The number of benzene rings is 1. The average Bonchev–Trinajstić information content (AvgIpc) is 2.77. The SMILES string of the molecule is OS1(O)C=Cc2c(OCCN3CCCCC3)cccc21. The Hall–Kier alpha value is -1.01. The highest BCUT2D eigenvalue weighted by molar-refractivity contribution is 8.27. The van der Waals surface area contributed by atoms with Gasteiger partial charge >= 0.3 is 0 Å². The molecule has 0 bridgehead atoms. The number of piperidine rings is 1. The Balaban J connectivity index is 1.61. The van der Waals surface area contributed by atoms with Gasteiger partial charge in [0.15, 0.2) is 0 Å². The minimum absolute atomic E-state index is 0.577. The highest BCUT2D eigenvalue weighted by atomic mass is 32.3. The quantitative estimate of drug-likeness (QED) is 0.890. The van der Waals surface area contributed by atoms with Crippen LogP contribution in [0.25, 0.3) is 6.08 Å². The van der Waals surface area contributed by atoms with Crippen molar-refractivity contribution in [2.24, 2.45) is 0 Å². The van der Waals surface area contributed by atoms with Crippen LogP contribution in [0.2, 0.25) is 0 Å². The first-order valence-electron chi connectivity index (χ1n) is 7.11. The number of ether oxygens (including phenoxy) is 1. The van der Waals surface area contributed by atoms with Gasteiger partial charge in [0.05, 0.1) is 4.90 Å². The van der Waals surface area contributed by atoms with Gasteiger partial charge in [0.1, 0.15) is 12.4 Å². The molecule has 3 rings (SSSR count). The van der Waals surface area contributed by atoms with Gasteiger partial charge in [0.25, 0.3) is 0 Å². The van der Waals surface area contributed by atoms with Crippen molar-refractivity contribution in [2.75, 3.05) is 26.2 Å². The van der Waals surface area contributed by atoms with Crippen molar-refractivity contribution in [1.29, 1.82) is 0 Å². The number of rotatable bonds is 4. The number of fused-ring (bicyclic) bond motifs is 1. The van der Waals surface area contributed by atoms with Crippen molar-refractivity contribution in [3.63, 3.8) is 0 Å². The van der Waals surface area contributed by atoms with Crippen LogP contribution in [0.15, 0.2) is 28.5 Å². The maximum atomic E-state index is 9.89. The molecule has 0 spiro atoms. The van der Waals surface area contributed by atoms with Crippen molar-refractivity contribution in [1.82, 2.24) is 4.90 Å². The molecule has 1 fully saturated rings. The molecule has 110 valence electrons. The first-order chi connectivity index (χ1) is 9.67. The second-order valence-electron chi connectivity index (χ2n) is 5.31. The maximum Gasteiger partial charge on any atom is 0.128 e. The van der Waals surface area contributed by atoms with Crippen molar-refractivity contribution in [3.05, 3.63) is 29.2 Å². The summed E-state index contributed by atoms with van der Waals surface area (Å²) in [5.74, 6) is 0.744. The summed E-state index contributed by atoms with van der Waals surface area (Å²) >= 11 is 0. The summed E-state index contributed by atoms with van der Waals surface area (Å²) < 4.78 is 25.6. The topological polar surface area (TPSA) is 52.9 Å². The van der Waals surface area contributed by atoms with Crippen LogP contribution in [0.5, 0.6) is 5.75 Å². The van der Waals surface area contributed by atoms with Crippen molar-refractivity contribution >= 4 is 16.7 Å². The molecule has 2 N–H and O–H groups in total. The van der Waals surface area contributed by atoms with Gasteiger partial charge in [-0.2, -0.15) is 0 Å². The molecule has 0 unspecified atom stereocenters. The summed E-state index contributed by atoms with van der Waals surface area (Å²) in [4.78, 5) is 3.00. The molecule has 20 heavy (non-hydrogen) atoms. The largest absolute Gasteiger partial charge is 0.492 e. The van der Waals surface area contributed by atoms with E-state index in [-0.39, 0.29) is 0 Å². The van der Waals surface area contributed by atoms with Crippen LogP contribution in [0.4, 0.5) is 0 Å². The summed E-state index contributed by atoms with van der Waals surface area (Å²) in [5.41, 5.74) is 0.811. The van der Waals surface area contributed by atoms with Gasteiger partial charge in [-0.1, -0.05) is 12.5 Å². The number of nitrogens with zero attached hydrogens (tertiary/aromatic N) is 1. The molecule has 1 saturated heterocycles. The third kappa shape index (κ3) is 2.86. The van der Waals surface area contributed by atoms with Crippen molar-refractivity contribution in [3.8, 4) is 5.75 Å². The van der Waals surface area contributed by atoms with Gasteiger partial charge in [0, 0.05) is 17.5 Å². The first-order valence-corrected chi connectivity index (χ1v) is 8.72. The zero-order valence-corrected chi connectivity index (χ0v) is 12.3. The summed E-state index contributed by atoms with van der Waals surface area (Å²) in [5, 5.41) is 1.47. The van der Waals surface area contributed by atoms with Crippen LogP contribution >= 0.6 is 10.6 Å². The molecule has 0 amide bonds. The van der Waals surface area contributed by atoms with E-state index in [9.17, 15) is 9.11 Å². The standard InChI is InChI=1S/C15H21NO3S/c17-20(18)12-7-13-14(5-4-6-15(13)20)19-11-10-16-8-2-1-3-9-16/h4-7,12,17-18H,1-3,8-11H2. The van der Waals surface area contributed by atoms with Crippen LogP contribution in [0, 0.1) is 0 Å². The van der Waals surface area contributed by atoms with Gasteiger partial charge in [0.2, 0.25) is 0 Å². The van der Waals surface area contributed by atoms with E-state index in [2.05, 4.69) is 4.90 Å². The van der Waals surface area contributed by atoms with Gasteiger partial charge < -0.3 is 4.74 Å². The van der Waals surface area contributed by atoms with E-state index in [1.807, 2.05) is 12.1 Å². The van der Waals surface area contributed by atoms with Crippen LogP contribution < -0.4 is 4.74 Å². The molecule has 0 radical (unpaired) electrons. The third-order valence-corrected chi connectivity index (χ3v) is 5.41. The lowest BCUT2D eigenvalue weighted by Crippen LogP contribution is -2.33. The van der Waals surface area contributed by atoms with Gasteiger partial charge in [-0.05, 0) is 44.1 Å². The summed E-state index contributed by atoms with van der Waals surface area (Å²) in [6.45, 7) is 3.90. The van der Waals surface area contributed by atoms with Crippen LogP contribution in [0.1, 0.15) is 24.8 Å². The Labute approximate surface area is 121 Å². The lowest BCUT2D eigenvalue weighted by atomic mass is 10.1. The van der Waals surface area contributed by atoms with Crippen LogP contribution in [0.3, 0.4) is 0 Å². The third-order valence-electron chi connectivity index (χ3n) is 3.89. The van der Waals surface area contributed by atoms with Crippen LogP contribution in [-0.4, -0.2) is 40.2 Å². The monoisotopic (exact) mass is 295 g/mol. The maximum absolute atomic E-state index is 9.89. The number of hydrogen-bond acceptors (Lipinski definition) is 4. The molecule has 2 aliphatic rings. The van der Waals surface area contributed by atoms with E-state index in [0.29, 0.717) is 11.5 Å². The lowest BCUT2D eigenvalue weighted by molar-refractivity contribution is 0.183. The zero-order chi connectivity index (χ0) is 14.0. The Morgan fingerprint density at radius 3 is 2.75 bits per heavy atom. The summed E-state index contributed by atoms with van der Waals surface area (Å²) in [6, 6.07) is 5.46. The minimum atomic E-state index is -2.74. The highest BCUT2D eigenvalue weighted by Crippen LogP contribution is 2.57. The van der Waals surface area contributed by atoms with Crippen LogP contribution in [-0.2, 0) is 0 Å². The summed E-state index contributed by atoms with van der Waals surface area (Å²) in [6.07, 6.45) is 5.65. The Morgan fingerprint density at radius 1 is 1.15 bits per heavy atom. The average molecular weight is 295 g/mol. The second kappa shape index (κ2) is 5.77. The second-order valence-corrected chi connectivity index (χ2v) is 7.21. The van der Waals surface area contributed by atoms with Crippen molar-refractivity contribution < 1.29 is 13.8 Å². The number of likely N-dealkylation sites (tertiary alicyclic amines) is 1. The number of hydrogen-bond donors (Lipinski definition) is 2. The van der Waals surface area contributed by atoms with E-state index in [4.69, 9.17) is 4.74 Å². The molecule has 1 aromatic rings. The van der Waals surface area contributed by atoms with Gasteiger partial charge in [-0.25, -0.2) is 0 Å². The molecule has 4 nitrogen and oxygen atoms in total. The fourth-order valence-corrected chi connectivity index (χ4v) is 4.02. The minimum Gasteiger partial charge on any atom is -0.492 e. The lowest BCUT2D eigenvalue weighted by Gasteiger charge is -2.27. The molecule has 0 aromatic heterocycles. The molecular weight excluding hydrogens is 274 g/mol. The molecule has 2 aliphatic heterocycles. The van der Waals surface area contributed by atoms with E-state index < -0.39 is 10.6 Å². The fraction of sp³-hybridized carbons (Fsp3) is 0.467. The Morgan fingerprint density at radius 2 is 1.95 bits per heavy atom. The van der Waals surface area contributed by atoms with E-state index >= 15 is 0 Å². The molecule has 2 heterocycles. The normalized spacial score (nSPS) is 22.5. The molecular formula is C15H21NO3S. The molecule has 0 saturated carbocycles.